The molecule has 0 saturated heterocycles. The Morgan fingerprint density at radius 1 is 1.24 bits per heavy atom. The molecule has 1 atom stereocenters. The summed E-state index contributed by atoms with van der Waals surface area (Å²) in [5, 5.41) is 9.23. The van der Waals surface area contributed by atoms with Crippen molar-refractivity contribution in [1.82, 2.24) is 4.98 Å². The summed E-state index contributed by atoms with van der Waals surface area (Å²) >= 11 is 0. The molecule has 3 heteroatoms. The molecule has 0 bridgehead atoms. The third kappa shape index (κ3) is 2.48. The molecule has 1 unspecified atom stereocenters. The number of hydrogen-bond acceptors (Lipinski definition) is 2. The van der Waals surface area contributed by atoms with E-state index in [0.717, 1.165) is 16.9 Å². The third-order valence-corrected chi connectivity index (χ3v) is 2.61. The van der Waals surface area contributed by atoms with Gasteiger partial charge in [-0.3, -0.25) is 0 Å². The highest BCUT2D eigenvalue weighted by Gasteiger charge is 2.13. The number of benzene rings is 1. The summed E-state index contributed by atoms with van der Waals surface area (Å²) in [5.41, 5.74) is 1.97. The molecule has 17 heavy (non-hydrogen) atoms. The molecule has 0 aliphatic rings. The first kappa shape index (κ1) is 11.3. The van der Waals surface area contributed by atoms with Crippen molar-refractivity contribution in [3.63, 3.8) is 0 Å². The van der Waals surface area contributed by atoms with Gasteiger partial charge >= 0.3 is 0 Å². The normalized spacial score (nSPS) is 11.8. The van der Waals surface area contributed by atoms with Gasteiger partial charge in [-0.05, 0) is 36.2 Å². The molecule has 3 nitrogen and oxygen atoms in total. The van der Waals surface area contributed by atoms with E-state index in [1.807, 2.05) is 49.6 Å². The molecule has 0 spiro atoms. The Hall–Kier alpha value is -2.21. The van der Waals surface area contributed by atoms with E-state index in [9.17, 15) is 5.26 Å². The van der Waals surface area contributed by atoms with Crippen LogP contribution in [0.15, 0.2) is 42.7 Å². The summed E-state index contributed by atoms with van der Waals surface area (Å²) in [5.74, 6) is 0.610. The lowest BCUT2D eigenvalue weighted by Crippen LogP contribution is -1.97. The van der Waals surface area contributed by atoms with Gasteiger partial charge in [0.25, 0.3) is 0 Å². The van der Waals surface area contributed by atoms with Crippen LogP contribution in [0.1, 0.15) is 24.0 Å². The molecule has 0 aliphatic heterocycles. The maximum absolute atomic E-state index is 9.23. The van der Waals surface area contributed by atoms with E-state index >= 15 is 0 Å². The molecule has 0 amide bonds. The second-order valence-electron chi connectivity index (χ2n) is 3.71. The van der Waals surface area contributed by atoms with Gasteiger partial charge in [0.05, 0.1) is 18.6 Å². The zero-order valence-corrected chi connectivity index (χ0v) is 9.68. The molecule has 0 fully saturated rings. The maximum Gasteiger partial charge on any atom is 0.119 e. The first-order valence-corrected chi connectivity index (χ1v) is 5.60. The van der Waals surface area contributed by atoms with Gasteiger partial charge in [0.2, 0.25) is 0 Å². The van der Waals surface area contributed by atoms with Crippen molar-refractivity contribution < 1.29 is 4.74 Å². The molecule has 2 aromatic rings. The summed E-state index contributed by atoms with van der Waals surface area (Å²) in [7, 11) is 0. The van der Waals surface area contributed by atoms with E-state index in [0.29, 0.717) is 6.61 Å². The first-order chi connectivity index (χ1) is 8.35. The lowest BCUT2D eigenvalue weighted by atomic mass is 9.95. The van der Waals surface area contributed by atoms with Gasteiger partial charge in [-0.25, -0.2) is 0 Å². The minimum atomic E-state index is -0.225. The topological polar surface area (TPSA) is 48.8 Å². The lowest BCUT2D eigenvalue weighted by Gasteiger charge is -2.09. The molecule has 2 rings (SSSR count). The van der Waals surface area contributed by atoms with Crippen LogP contribution in [-0.4, -0.2) is 11.6 Å². The molecule has 1 aromatic carbocycles. The molecular formula is C14H14N2O. The Morgan fingerprint density at radius 3 is 2.53 bits per heavy atom. The van der Waals surface area contributed by atoms with Crippen molar-refractivity contribution in [1.29, 1.82) is 5.26 Å². The number of rotatable bonds is 4. The Labute approximate surface area is 101 Å². The van der Waals surface area contributed by atoms with Gasteiger partial charge in [-0.1, -0.05) is 12.1 Å². The lowest BCUT2D eigenvalue weighted by molar-refractivity contribution is 0.340. The van der Waals surface area contributed by atoms with Crippen LogP contribution in [0, 0.1) is 11.3 Å². The largest absolute Gasteiger partial charge is 0.494 e. The van der Waals surface area contributed by atoms with Crippen LogP contribution in [0.2, 0.25) is 0 Å². The number of nitriles is 1. The molecule has 0 radical (unpaired) electrons. The van der Waals surface area contributed by atoms with Gasteiger partial charge < -0.3 is 9.72 Å². The van der Waals surface area contributed by atoms with E-state index in [4.69, 9.17) is 4.74 Å². The van der Waals surface area contributed by atoms with Gasteiger partial charge in [0, 0.05) is 12.4 Å². The highest BCUT2D eigenvalue weighted by molar-refractivity contribution is 5.39. The van der Waals surface area contributed by atoms with Crippen molar-refractivity contribution >= 4 is 0 Å². The fourth-order valence-corrected chi connectivity index (χ4v) is 1.78. The molecular weight excluding hydrogens is 212 g/mol. The SMILES string of the molecule is CCOc1ccc(C(C#N)c2cc[nH]c2)cc1. The van der Waals surface area contributed by atoms with Crippen molar-refractivity contribution in [2.75, 3.05) is 6.61 Å². The Kier molecular flexibility index (Phi) is 3.46. The standard InChI is InChI=1S/C14H14N2O/c1-2-17-13-5-3-11(4-6-13)14(9-15)12-7-8-16-10-12/h3-8,10,14,16H,2H2,1H3. The summed E-state index contributed by atoms with van der Waals surface area (Å²) < 4.78 is 5.38. The second kappa shape index (κ2) is 5.22. The Balaban J connectivity index is 2.24. The number of nitrogens with zero attached hydrogens (tertiary/aromatic N) is 1. The molecule has 1 N–H and O–H groups in total. The van der Waals surface area contributed by atoms with E-state index in [1.54, 1.807) is 0 Å². The maximum atomic E-state index is 9.23. The number of nitrogens with one attached hydrogen (secondary N) is 1. The highest BCUT2D eigenvalue weighted by Crippen LogP contribution is 2.25. The number of ether oxygens (including phenoxy) is 1. The predicted molar refractivity (Wildman–Crippen MR) is 65.9 cm³/mol. The van der Waals surface area contributed by atoms with Crippen molar-refractivity contribution in [3.8, 4) is 11.8 Å². The molecule has 86 valence electrons. The highest BCUT2D eigenvalue weighted by atomic mass is 16.5. The van der Waals surface area contributed by atoms with Crippen LogP contribution in [0.3, 0.4) is 0 Å². The van der Waals surface area contributed by atoms with Crippen molar-refractivity contribution in [3.05, 3.63) is 53.9 Å². The Morgan fingerprint density at radius 2 is 2.00 bits per heavy atom. The van der Waals surface area contributed by atoms with Crippen LogP contribution in [0.25, 0.3) is 0 Å². The molecule has 0 saturated carbocycles. The van der Waals surface area contributed by atoms with Gasteiger partial charge in [0.15, 0.2) is 0 Å². The summed E-state index contributed by atoms with van der Waals surface area (Å²) in [6.45, 7) is 2.60. The predicted octanol–water partition coefficient (Wildman–Crippen LogP) is 3.07. The molecule has 1 heterocycles. The van der Waals surface area contributed by atoms with E-state index in [2.05, 4.69) is 11.1 Å². The number of hydrogen-bond donors (Lipinski definition) is 1. The van der Waals surface area contributed by atoms with Gasteiger partial charge in [0.1, 0.15) is 5.75 Å². The summed E-state index contributed by atoms with van der Waals surface area (Å²) in [6.07, 6.45) is 3.68. The van der Waals surface area contributed by atoms with Crippen LogP contribution in [-0.2, 0) is 0 Å². The fourth-order valence-electron chi connectivity index (χ4n) is 1.78. The van der Waals surface area contributed by atoms with Crippen LogP contribution in [0.4, 0.5) is 0 Å². The van der Waals surface area contributed by atoms with Gasteiger partial charge in [-0.2, -0.15) is 5.26 Å². The molecule has 0 aliphatic carbocycles. The van der Waals surface area contributed by atoms with Crippen LogP contribution in [0.5, 0.6) is 5.75 Å². The summed E-state index contributed by atoms with van der Waals surface area (Å²) in [6, 6.07) is 11.9. The number of aromatic amines is 1. The van der Waals surface area contributed by atoms with E-state index in [1.165, 1.54) is 0 Å². The zero-order chi connectivity index (χ0) is 12.1. The average Bonchev–Trinajstić information content (AvgIpc) is 2.86. The first-order valence-electron chi connectivity index (χ1n) is 5.60. The monoisotopic (exact) mass is 226 g/mol. The quantitative estimate of drug-likeness (QED) is 0.870. The van der Waals surface area contributed by atoms with Crippen molar-refractivity contribution in [2.45, 2.75) is 12.8 Å². The second-order valence-corrected chi connectivity index (χ2v) is 3.71. The minimum absolute atomic E-state index is 0.225. The minimum Gasteiger partial charge on any atom is -0.494 e. The van der Waals surface area contributed by atoms with Crippen molar-refractivity contribution in [2.24, 2.45) is 0 Å². The fraction of sp³-hybridized carbons (Fsp3) is 0.214. The van der Waals surface area contributed by atoms with Crippen LogP contribution >= 0.6 is 0 Å². The van der Waals surface area contributed by atoms with E-state index < -0.39 is 0 Å². The zero-order valence-electron chi connectivity index (χ0n) is 9.68. The Bertz CT molecular complexity index is 494. The summed E-state index contributed by atoms with van der Waals surface area (Å²) in [4.78, 5) is 2.97. The third-order valence-electron chi connectivity index (χ3n) is 2.61. The molecule has 1 aromatic heterocycles. The van der Waals surface area contributed by atoms with Crippen LogP contribution < -0.4 is 4.74 Å². The van der Waals surface area contributed by atoms with E-state index in [-0.39, 0.29) is 5.92 Å². The smallest absolute Gasteiger partial charge is 0.119 e. The van der Waals surface area contributed by atoms with Gasteiger partial charge in [-0.15, -0.1) is 0 Å². The average molecular weight is 226 g/mol. The number of aromatic nitrogens is 1. The number of H-pyrrole nitrogens is 1.